The van der Waals surface area contributed by atoms with Crippen molar-refractivity contribution >= 4 is 58.6 Å². The SMILES string of the molecule is COC(=O)[C@H](CCNC(=O)C(=O)Nc1ccc(OC(F)F)cc1)NC(=O)c1ccc(Nc2nc(NC3(c4ccc(Cl)cc4)CC3)nc(OCC(F)(F)F)n2)cc1. The number of halogens is 6. The molecule has 1 fully saturated rings. The molecule has 4 aromatic rings. The Hall–Kier alpha value is -6.31. The topological polar surface area (TPSA) is 195 Å². The number of aromatic nitrogens is 3. The summed E-state index contributed by atoms with van der Waals surface area (Å²) >= 11 is 6.02. The number of methoxy groups -OCH3 is 1. The number of nitrogens with one attached hydrogen (secondary N) is 5. The van der Waals surface area contributed by atoms with Gasteiger partial charge in [-0.1, -0.05) is 23.7 Å². The molecule has 3 amide bonds. The molecule has 21 heteroatoms. The van der Waals surface area contributed by atoms with Crippen LogP contribution in [0.5, 0.6) is 11.8 Å². The van der Waals surface area contributed by atoms with Crippen LogP contribution in [0.3, 0.4) is 0 Å². The fraction of sp³-hybridized carbons (Fsp3) is 0.286. The smallest absolute Gasteiger partial charge is 0.422 e. The van der Waals surface area contributed by atoms with Crippen molar-refractivity contribution in [1.82, 2.24) is 25.6 Å². The van der Waals surface area contributed by atoms with Gasteiger partial charge in [-0.3, -0.25) is 14.4 Å². The average Bonchev–Trinajstić information content (AvgIpc) is 3.94. The van der Waals surface area contributed by atoms with Gasteiger partial charge in [-0.05, 0) is 85.5 Å². The molecule has 0 unspecified atom stereocenters. The Morgan fingerprint density at radius 2 is 1.50 bits per heavy atom. The number of carbonyl (C=O) groups excluding carboxylic acids is 4. The Labute approximate surface area is 319 Å². The van der Waals surface area contributed by atoms with Crippen molar-refractivity contribution in [3.63, 3.8) is 0 Å². The van der Waals surface area contributed by atoms with Crippen LogP contribution in [0.25, 0.3) is 0 Å². The van der Waals surface area contributed by atoms with Crippen LogP contribution in [0.15, 0.2) is 72.8 Å². The lowest BCUT2D eigenvalue weighted by Crippen LogP contribution is -2.44. The molecule has 1 aliphatic carbocycles. The summed E-state index contributed by atoms with van der Waals surface area (Å²) in [5.74, 6) is -4.08. The van der Waals surface area contributed by atoms with E-state index in [2.05, 4.69) is 46.3 Å². The molecule has 0 spiro atoms. The van der Waals surface area contributed by atoms with Crippen LogP contribution >= 0.6 is 11.6 Å². The monoisotopic (exact) mass is 806 g/mol. The summed E-state index contributed by atoms with van der Waals surface area (Å²) in [6, 6.07) is 15.7. The highest BCUT2D eigenvalue weighted by molar-refractivity contribution is 6.39. The van der Waals surface area contributed by atoms with Gasteiger partial charge in [-0.25, -0.2) is 4.79 Å². The summed E-state index contributed by atoms with van der Waals surface area (Å²) in [5.41, 5.74) is 0.831. The molecule has 3 aromatic carbocycles. The van der Waals surface area contributed by atoms with E-state index in [1.54, 1.807) is 12.1 Å². The fourth-order valence-electron chi connectivity index (χ4n) is 5.06. The van der Waals surface area contributed by atoms with E-state index in [0.717, 1.165) is 12.7 Å². The minimum Gasteiger partial charge on any atom is -0.467 e. The molecule has 296 valence electrons. The molecule has 1 heterocycles. The van der Waals surface area contributed by atoms with Crippen LogP contribution in [0.1, 0.15) is 35.2 Å². The maximum atomic E-state index is 13.1. The first-order valence-corrected chi connectivity index (χ1v) is 16.9. The number of esters is 1. The van der Waals surface area contributed by atoms with E-state index in [1.165, 1.54) is 48.5 Å². The molecule has 0 bridgehead atoms. The van der Waals surface area contributed by atoms with E-state index >= 15 is 0 Å². The summed E-state index contributed by atoms with van der Waals surface area (Å²) in [4.78, 5) is 62.3. The second kappa shape index (κ2) is 17.9. The minimum absolute atomic E-state index is 0.0522. The van der Waals surface area contributed by atoms with Gasteiger partial charge >= 0.3 is 36.6 Å². The van der Waals surface area contributed by atoms with Gasteiger partial charge in [0.05, 0.1) is 12.6 Å². The van der Waals surface area contributed by atoms with Crippen molar-refractivity contribution < 1.29 is 55.3 Å². The quantitative estimate of drug-likeness (QED) is 0.0556. The molecule has 5 N–H and O–H groups in total. The van der Waals surface area contributed by atoms with Crippen molar-refractivity contribution in [3.05, 3.63) is 88.9 Å². The third-order valence-electron chi connectivity index (χ3n) is 7.93. The van der Waals surface area contributed by atoms with Gasteiger partial charge in [0.2, 0.25) is 11.9 Å². The number of rotatable bonds is 16. The van der Waals surface area contributed by atoms with E-state index in [1.807, 2.05) is 12.1 Å². The summed E-state index contributed by atoms with van der Waals surface area (Å²) < 4.78 is 77.3. The van der Waals surface area contributed by atoms with Crippen LogP contribution in [0.2, 0.25) is 5.02 Å². The second-order valence-corrected chi connectivity index (χ2v) is 12.5. The number of carbonyl (C=O) groups is 4. The van der Waals surface area contributed by atoms with Crippen LogP contribution in [-0.4, -0.2) is 77.7 Å². The highest BCUT2D eigenvalue weighted by atomic mass is 35.5. The molecule has 1 atom stereocenters. The van der Waals surface area contributed by atoms with E-state index in [4.69, 9.17) is 21.1 Å². The van der Waals surface area contributed by atoms with Gasteiger partial charge in [0, 0.05) is 28.5 Å². The van der Waals surface area contributed by atoms with Crippen molar-refractivity contribution in [2.75, 3.05) is 36.2 Å². The average molecular weight is 807 g/mol. The van der Waals surface area contributed by atoms with E-state index in [9.17, 15) is 41.1 Å². The number of benzene rings is 3. The van der Waals surface area contributed by atoms with E-state index in [0.29, 0.717) is 23.6 Å². The van der Waals surface area contributed by atoms with E-state index in [-0.39, 0.29) is 41.9 Å². The zero-order chi connectivity index (χ0) is 40.5. The normalized spacial score (nSPS) is 13.5. The highest BCUT2D eigenvalue weighted by Crippen LogP contribution is 2.48. The van der Waals surface area contributed by atoms with Gasteiger partial charge in [0.15, 0.2) is 6.61 Å². The molecular formula is C35H32ClF5N8O7. The molecule has 1 saturated carbocycles. The maximum absolute atomic E-state index is 13.1. The van der Waals surface area contributed by atoms with Gasteiger partial charge in [0.25, 0.3) is 5.91 Å². The van der Waals surface area contributed by atoms with Gasteiger partial charge in [0.1, 0.15) is 11.8 Å². The van der Waals surface area contributed by atoms with Gasteiger partial charge < -0.3 is 40.8 Å². The zero-order valence-corrected chi connectivity index (χ0v) is 29.8. The lowest BCUT2D eigenvalue weighted by Gasteiger charge is -2.19. The predicted molar refractivity (Wildman–Crippen MR) is 190 cm³/mol. The first kappa shape index (κ1) is 40.9. The highest BCUT2D eigenvalue weighted by Gasteiger charge is 2.45. The molecular weight excluding hydrogens is 775 g/mol. The van der Waals surface area contributed by atoms with Gasteiger partial charge in [-0.15, -0.1) is 0 Å². The lowest BCUT2D eigenvalue weighted by atomic mass is 10.1. The third kappa shape index (κ3) is 11.8. The number of hydrogen-bond acceptors (Lipinski definition) is 12. The number of anilines is 4. The fourth-order valence-corrected chi connectivity index (χ4v) is 5.18. The summed E-state index contributed by atoms with van der Waals surface area (Å²) in [6.07, 6.45) is -3.45. The number of alkyl halides is 5. The standard InChI is InChI=1S/C35H32ClF5N8O7/c1-54-29(53)25(14-17-42-27(51)28(52)43-22-10-12-24(13-11-22)56-30(37)38)45-26(50)19-2-8-23(9-3-19)44-31-46-32(48-33(47-31)55-18-35(39,40)41)49-34(15-16-34)20-4-6-21(36)7-5-20/h2-13,25,30H,14-18H2,1H3,(H,42,51)(H,43,52)(H,45,50)(H2,44,46,47,48,49)/t25-/m0/s1. The summed E-state index contributed by atoms with van der Waals surface area (Å²) in [7, 11) is 1.09. The number of nitrogens with zero attached hydrogens (tertiary/aromatic N) is 3. The van der Waals surface area contributed by atoms with Crippen molar-refractivity contribution in [2.45, 2.75) is 43.6 Å². The largest absolute Gasteiger partial charge is 0.467 e. The summed E-state index contributed by atoms with van der Waals surface area (Å²) in [5, 5.41) is 13.6. The second-order valence-electron chi connectivity index (χ2n) is 12.0. The van der Waals surface area contributed by atoms with Crippen LogP contribution < -0.4 is 36.1 Å². The van der Waals surface area contributed by atoms with E-state index < -0.39 is 60.7 Å². The Morgan fingerprint density at radius 3 is 2.11 bits per heavy atom. The third-order valence-corrected chi connectivity index (χ3v) is 8.19. The Balaban J connectivity index is 1.18. The Kier molecular flexibility index (Phi) is 13.1. The molecule has 0 radical (unpaired) electrons. The molecule has 0 saturated heterocycles. The Morgan fingerprint density at radius 1 is 0.857 bits per heavy atom. The van der Waals surface area contributed by atoms with Crippen molar-refractivity contribution in [2.24, 2.45) is 0 Å². The number of ether oxygens (including phenoxy) is 3. The van der Waals surface area contributed by atoms with Gasteiger partial charge in [-0.2, -0.15) is 36.9 Å². The maximum Gasteiger partial charge on any atom is 0.422 e. The summed E-state index contributed by atoms with van der Waals surface area (Å²) in [6.45, 7) is -4.92. The molecule has 56 heavy (non-hydrogen) atoms. The molecule has 0 aliphatic heterocycles. The molecule has 5 rings (SSSR count). The molecule has 15 nitrogen and oxygen atoms in total. The van der Waals surface area contributed by atoms with Crippen LogP contribution in [-0.2, 0) is 24.7 Å². The first-order chi connectivity index (χ1) is 26.6. The minimum atomic E-state index is -4.66. The van der Waals surface area contributed by atoms with Crippen LogP contribution in [0, 0.1) is 0 Å². The van der Waals surface area contributed by atoms with Crippen molar-refractivity contribution in [3.8, 4) is 11.8 Å². The lowest BCUT2D eigenvalue weighted by molar-refractivity contribution is -0.154. The van der Waals surface area contributed by atoms with Crippen LogP contribution in [0.4, 0.5) is 45.2 Å². The Bertz CT molecular complexity index is 2020. The molecule has 1 aromatic heterocycles. The zero-order valence-electron chi connectivity index (χ0n) is 29.1. The van der Waals surface area contributed by atoms with Crippen molar-refractivity contribution in [1.29, 1.82) is 0 Å². The predicted octanol–water partition coefficient (Wildman–Crippen LogP) is 5.33. The first-order valence-electron chi connectivity index (χ1n) is 16.5. The number of hydrogen-bond donors (Lipinski definition) is 5. The molecule has 1 aliphatic rings. The number of amides is 3.